The maximum absolute atomic E-state index is 13.2. The maximum atomic E-state index is 13.2. The normalized spacial score (nSPS) is 15.3. The van der Waals surface area contributed by atoms with Crippen molar-refractivity contribution in [3.05, 3.63) is 101 Å². The summed E-state index contributed by atoms with van der Waals surface area (Å²) >= 11 is 6.09. The molecular formula is C25H23ClF2N2O2. The Kier molecular flexibility index (Phi) is 7.84. The van der Waals surface area contributed by atoms with Gasteiger partial charge in [-0.15, -0.1) is 0 Å². The summed E-state index contributed by atoms with van der Waals surface area (Å²) in [5.41, 5.74) is 3.52. The molecule has 1 unspecified atom stereocenters. The van der Waals surface area contributed by atoms with Crippen LogP contribution >= 0.6 is 11.6 Å². The summed E-state index contributed by atoms with van der Waals surface area (Å²) in [5, 5.41) is 3.98. The zero-order chi connectivity index (χ0) is 23.1. The van der Waals surface area contributed by atoms with E-state index in [1.165, 1.54) is 24.3 Å². The molecule has 0 bridgehead atoms. The minimum Gasteiger partial charge on any atom is -0.497 e. The summed E-state index contributed by atoms with van der Waals surface area (Å²) in [7, 11) is 1.55. The fraction of sp³-hybridized carbons (Fsp3) is 0.160. The first-order chi connectivity index (χ1) is 15.4. The van der Waals surface area contributed by atoms with Gasteiger partial charge in [-0.25, -0.2) is 8.78 Å². The van der Waals surface area contributed by atoms with Gasteiger partial charge in [-0.3, -0.25) is 4.79 Å². The lowest BCUT2D eigenvalue weighted by Gasteiger charge is -2.33. The smallest absolute Gasteiger partial charge is 0.211 e. The fourth-order valence-electron chi connectivity index (χ4n) is 3.30. The molecule has 3 aromatic rings. The summed E-state index contributed by atoms with van der Waals surface area (Å²) in [4.78, 5) is 13.2. The largest absolute Gasteiger partial charge is 0.497 e. The number of carbonyl (C=O) groups excluding carboxylic acids is 1. The van der Waals surface area contributed by atoms with Gasteiger partial charge in [0.2, 0.25) is 6.41 Å². The van der Waals surface area contributed by atoms with Gasteiger partial charge in [0.05, 0.1) is 7.11 Å². The second kappa shape index (κ2) is 10.8. The van der Waals surface area contributed by atoms with Gasteiger partial charge >= 0.3 is 0 Å². The van der Waals surface area contributed by atoms with Crippen molar-refractivity contribution in [1.82, 2.24) is 4.90 Å². The van der Waals surface area contributed by atoms with Crippen LogP contribution in [-0.4, -0.2) is 25.0 Å². The van der Waals surface area contributed by atoms with Gasteiger partial charge in [0, 0.05) is 22.8 Å². The van der Waals surface area contributed by atoms with E-state index in [1.54, 1.807) is 42.3 Å². The number of rotatable bonds is 3. The average molecular weight is 457 g/mol. The van der Waals surface area contributed by atoms with Crippen molar-refractivity contribution >= 4 is 29.3 Å². The molecule has 1 heterocycles. The van der Waals surface area contributed by atoms with E-state index < -0.39 is 0 Å². The van der Waals surface area contributed by atoms with Gasteiger partial charge < -0.3 is 15.0 Å². The molecule has 3 aromatic carbocycles. The van der Waals surface area contributed by atoms with Crippen LogP contribution in [0.25, 0.3) is 5.57 Å². The van der Waals surface area contributed by atoms with Crippen molar-refractivity contribution in [2.24, 2.45) is 0 Å². The maximum Gasteiger partial charge on any atom is 0.211 e. The molecule has 0 fully saturated rings. The first kappa shape index (κ1) is 23.3. The molecular weight excluding hydrogens is 434 g/mol. The number of methoxy groups -OCH3 is 1. The molecule has 1 N–H and O–H groups in total. The first-order valence-electron chi connectivity index (χ1n) is 9.91. The molecule has 0 saturated heterocycles. The van der Waals surface area contributed by atoms with Crippen molar-refractivity contribution < 1.29 is 18.3 Å². The molecule has 166 valence electrons. The third-order valence-electron chi connectivity index (χ3n) is 5.03. The van der Waals surface area contributed by atoms with Crippen LogP contribution in [0.2, 0.25) is 5.02 Å². The molecule has 7 heteroatoms. The summed E-state index contributed by atoms with van der Waals surface area (Å²) < 4.78 is 30.2. The SMILES string of the molecule is C=C1CCN(C=O)C(c2ccc(F)cc2)Nc2ccc(Cl)cc21.COc1ccc(F)cc1. The number of benzene rings is 3. The zero-order valence-electron chi connectivity index (χ0n) is 17.5. The summed E-state index contributed by atoms with van der Waals surface area (Å²) in [6, 6.07) is 17.5. The number of carbonyl (C=O) groups is 1. The molecule has 0 spiro atoms. The number of fused-ring (bicyclic) bond motifs is 1. The quantitative estimate of drug-likeness (QED) is 0.470. The van der Waals surface area contributed by atoms with Gasteiger partial charge in [-0.05, 0) is 72.2 Å². The molecule has 0 aromatic heterocycles. The molecule has 1 atom stereocenters. The summed E-state index contributed by atoms with van der Waals surface area (Å²) in [6.45, 7) is 4.60. The lowest BCUT2D eigenvalue weighted by Crippen LogP contribution is -2.35. The highest BCUT2D eigenvalue weighted by atomic mass is 35.5. The van der Waals surface area contributed by atoms with Crippen LogP contribution < -0.4 is 10.1 Å². The number of hydrogen-bond acceptors (Lipinski definition) is 3. The summed E-state index contributed by atoms with van der Waals surface area (Å²) in [6.07, 6.45) is 1.07. The van der Waals surface area contributed by atoms with E-state index in [0.717, 1.165) is 28.8 Å². The lowest BCUT2D eigenvalue weighted by molar-refractivity contribution is -0.119. The Bertz CT molecular complexity index is 1070. The third kappa shape index (κ3) is 5.86. The van der Waals surface area contributed by atoms with E-state index in [1.807, 2.05) is 12.1 Å². The third-order valence-corrected chi connectivity index (χ3v) is 5.26. The van der Waals surface area contributed by atoms with Crippen LogP contribution in [0.3, 0.4) is 0 Å². The molecule has 0 saturated carbocycles. The van der Waals surface area contributed by atoms with Crippen molar-refractivity contribution in [3.8, 4) is 5.75 Å². The minimum absolute atomic E-state index is 0.240. The molecule has 1 aliphatic heterocycles. The number of anilines is 1. The number of nitrogens with zero attached hydrogens (tertiary/aromatic N) is 1. The molecule has 1 amide bonds. The zero-order valence-corrected chi connectivity index (χ0v) is 18.3. The minimum atomic E-state index is -0.374. The predicted octanol–water partition coefficient (Wildman–Crippen LogP) is 6.30. The first-order valence-corrected chi connectivity index (χ1v) is 10.3. The van der Waals surface area contributed by atoms with Crippen molar-refractivity contribution in [2.45, 2.75) is 12.6 Å². The Morgan fingerprint density at radius 2 is 1.69 bits per heavy atom. The lowest BCUT2D eigenvalue weighted by atomic mass is 9.99. The Morgan fingerprint density at radius 3 is 2.28 bits per heavy atom. The van der Waals surface area contributed by atoms with E-state index in [2.05, 4.69) is 11.9 Å². The second-order valence-electron chi connectivity index (χ2n) is 7.14. The highest BCUT2D eigenvalue weighted by Gasteiger charge is 2.23. The Hall–Kier alpha value is -3.38. The van der Waals surface area contributed by atoms with Crippen LogP contribution in [0.5, 0.6) is 5.75 Å². The Balaban J connectivity index is 0.000000269. The Labute approximate surface area is 191 Å². The molecule has 32 heavy (non-hydrogen) atoms. The summed E-state index contributed by atoms with van der Waals surface area (Å²) in [5.74, 6) is 0.130. The highest BCUT2D eigenvalue weighted by Crippen LogP contribution is 2.34. The number of nitrogens with one attached hydrogen (secondary N) is 1. The standard InChI is InChI=1S/C18H16ClFN2O.C7H7FO/c1-12-8-9-22(11-23)18(13-2-5-15(20)6-3-13)21-17-7-4-14(19)10-16(12)17;1-9-7-4-2-6(8)3-5-7/h2-7,10-11,18,21H,1,8-9H2;2-5H,1H3. The van der Waals surface area contributed by atoms with E-state index in [4.69, 9.17) is 16.3 Å². The van der Waals surface area contributed by atoms with Gasteiger partial charge in [0.15, 0.2) is 0 Å². The van der Waals surface area contributed by atoms with E-state index in [0.29, 0.717) is 23.7 Å². The predicted molar refractivity (Wildman–Crippen MR) is 124 cm³/mol. The topological polar surface area (TPSA) is 41.6 Å². The number of ether oxygens (including phenoxy) is 1. The van der Waals surface area contributed by atoms with E-state index >= 15 is 0 Å². The van der Waals surface area contributed by atoms with Crippen molar-refractivity contribution in [2.75, 3.05) is 19.0 Å². The van der Waals surface area contributed by atoms with Gasteiger partial charge in [-0.2, -0.15) is 0 Å². The van der Waals surface area contributed by atoms with Crippen LogP contribution in [0.4, 0.5) is 14.5 Å². The number of amides is 1. The monoisotopic (exact) mass is 456 g/mol. The van der Waals surface area contributed by atoms with Gasteiger partial charge in [0.1, 0.15) is 23.5 Å². The van der Waals surface area contributed by atoms with Gasteiger partial charge in [-0.1, -0.05) is 30.3 Å². The van der Waals surface area contributed by atoms with Crippen molar-refractivity contribution in [1.29, 1.82) is 0 Å². The molecule has 0 aliphatic carbocycles. The molecule has 1 aliphatic rings. The van der Waals surface area contributed by atoms with Crippen LogP contribution in [0.15, 0.2) is 73.3 Å². The number of hydrogen-bond donors (Lipinski definition) is 1. The van der Waals surface area contributed by atoms with E-state index in [-0.39, 0.29) is 17.8 Å². The van der Waals surface area contributed by atoms with Crippen LogP contribution in [-0.2, 0) is 4.79 Å². The highest BCUT2D eigenvalue weighted by molar-refractivity contribution is 6.30. The molecule has 4 nitrogen and oxygen atoms in total. The number of halogens is 3. The molecule has 0 radical (unpaired) electrons. The van der Waals surface area contributed by atoms with E-state index in [9.17, 15) is 13.6 Å². The molecule has 4 rings (SSSR count). The average Bonchev–Trinajstić information content (AvgIpc) is 2.80. The second-order valence-corrected chi connectivity index (χ2v) is 7.58. The fourth-order valence-corrected chi connectivity index (χ4v) is 3.47. The van der Waals surface area contributed by atoms with Crippen LogP contribution in [0, 0.1) is 11.6 Å². The van der Waals surface area contributed by atoms with Gasteiger partial charge in [0.25, 0.3) is 0 Å². The Morgan fingerprint density at radius 1 is 1.06 bits per heavy atom. The van der Waals surface area contributed by atoms with Crippen molar-refractivity contribution in [3.63, 3.8) is 0 Å². The van der Waals surface area contributed by atoms with Crippen LogP contribution in [0.1, 0.15) is 23.7 Å².